The van der Waals surface area contributed by atoms with Gasteiger partial charge >= 0.3 is 0 Å². The smallest absolute Gasteiger partial charge is 0.208 e. The molecule has 1 heterocycles. The molecule has 1 aromatic heterocycles. The summed E-state index contributed by atoms with van der Waals surface area (Å²) in [7, 11) is 0. The molecule has 0 fully saturated rings. The van der Waals surface area contributed by atoms with Crippen molar-refractivity contribution in [2.75, 3.05) is 0 Å². The topological polar surface area (TPSA) is 38.7 Å². The number of benzene rings is 6. The van der Waals surface area contributed by atoms with Gasteiger partial charge in [-0.2, -0.15) is 9.97 Å². The quantitative estimate of drug-likeness (QED) is 0.239. The van der Waals surface area contributed by atoms with Crippen LogP contribution in [0.2, 0.25) is 5.28 Å². The lowest BCUT2D eigenvalue weighted by Crippen LogP contribution is -1.98. The molecule has 3 nitrogen and oxygen atoms in total. The molecule has 0 saturated carbocycles. The summed E-state index contributed by atoms with van der Waals surface area (Å²) in [5, 5.41) is 9.42. The second-order valence-corrected chi connectivity index (χ2v) is 8.97. The summed E-state index contributed by atoms with van der Waals surface area (Å²) < 4.78 is 0. The van der Waals surface area contributed by atoms with E-state index in [2.05, 4.69) is 101 Å². The van der Waals surface area contributed by atoms with Crippen molar-refractivity contribution in [3.63, 3.8) is 0 Å². The normalized spacial score (nSPS) is 11.6. The van der Waals surface area contributed by atoms with E-state index in [0.717, 1.165) is 38.1 Å². The first-order valence-corrected chi connectivity index (χ1v) is 11.9. The highest BCUT2D eigenvalue weighted by Gasteiger charge is 2.15. The van der Waals surface area contributed by atoms with Gasteiger partial charge < -0.3 is 0 Å². The summed E-state index contributed by atoms with van der Waals surface area (Å²) in [6.07, 6.45) is 0. The van der Waals surface area contributed by atoms with Crippen LogP contribution in [0.15, 0.2) is 109 Å². The fraction of sp³-hybridized carbons (Fsp3) is 0. The van der Waals surface area contributed by atoms with Crippen molar-refractivity contribution in [2.24, 2.45) is 0 Å². The molecule has 0 aliphatic rings. The first-order chi connectivity index (χ1) is 17.3. The number of hydrogen-bond donors (Lipinski definition) is 0. The molecule has 6 aromatic carbocycles. The molecule has 4 heteroatoms. The second kappa shape index (κ2) is 7.86. The molecule has 35 heavy (non-hydrogen) atoms. The predicted octanol–water partition coefficient (Wildman–Crippen LogP) is 8.47. The Bertz CT molecular complexity index is 1930. The Morgan fingerprint density at radius 3 is 1.83 bits per heavy atom. The highest BCUT2D eigenvalue weighted by molar-refractivity contribution is 6.28. The molecule has 164 valence electrons. The zero-order valence-electron chi connectivity index (χ0n) is 18.6. The largest absolute Gasteiger partial charge is 0.226 e. The zero-order chi connectivity index (χ0) is 23.4. The van der Waals surface area contributed by atoms with Crippen molar-refractivity contribution in [1.82, 2.24) is 15.0 Å². The Hall–Kier alpha value is -4.34. The lowest BCUT2D eigenvalue weighted by molar-refractivity contribution is 1.07. The maximum absolute atomic E-state index is 6.50. The van der Waals surface area contributed by atoms with Gasteiger partial charge in [0.15, 0.2) is 11.6 Å². The fourth-order valence-corrected chi connectivity index (χ4v) is 5.23. The number of fused-ring (bicyclic) bond motifs is 6. The Kier molecular flexibility index (Phi) is 4.51. The molecule has 0 bridgehead atoms. The van der Waals surface area contributed by atoms with Crippen molar-refractivity contribution in [3.8, 4) is 22.8 Å². The van der Waals surface area contributed by atoms with Crippen LogP contribution < -0.4 is 0 Å². The second-order valence-electron chi connectivity index (χ2n) is 8.63. The molecule has 0 aliphatic carbocycles. The van der Waals surface area contributed by atoms with Crippen molar-refractivity contribution in [1.29, 1.82) is 0 Å². The molecule has 0 N–H and O–H groups in total. The lowest BCUT2D eigenvalue weighted by Gasteiger charge is -2.12. The standard InChI is InChI=1S/C31H18ClN3/c32-31-34-29(26-13-6-12-24-22-10-3-1-7-19(22)17-18-25(24)26)33-30(35-31)27-14-5-9-21-16-15-20-8-2-4-11-23(20)28(21)27/h1-18H. The molecule has 0 amide bonds. The van der Waals surface area contributed by atoms with Gasteiger partial charge in [-0.3, -0.25) is 0 Å². The van der Waals surface area contributed by atoms with Gasteiger partial charge in [-0.1, -0.05) is 109 Å². The number of hydrogen-bond acceptors (Lipinski definition) is 3. The molecule has 7 aromatic rings. The number of rotatable bonds is 2. The van der Waals surface area contributed by atoms with Gasteiger partial charge in [0, 0.05) is 16.5 Å². The minimum absolute atomic E-state index is 0.181. The Labute approximate surface area is 206 Å². The van der Waals surface area contributed by atoms with Crippen LogP contribution in [0.25, 0.3) is 65.9 Å². The summed E-state index contributed by atoms with van der Waals surface area (Å²) in [6, 6.07) is 37.8. The van der Waals surface area contributed by atoms with Gasteiger partial charge in [0.1, 0.15) is 0 Å². The van der Waals surface area contributed by atoms with Crippen LogP contribution in [0.4, 0.5) is 0 Å². The van der Waals surface area contributed by atoms with E-state index in [4.69, 9.17) is 16.6 Å². The van der Waals surface area contributed by atoms with Crippen LogP contribution in [-0.4, -0.2) is 15.0 Å². The van der Waals surface area contributed by atoms with Gasteiger partial charge in [-0.05, 0) is 49.3 Å². The van der Waals surface area contributed by atoms with E-state index in [9.17, 15) is 0 Å². The molecular weight excluding hydrogens is 450 g/mol. The highest BCUT2D eigenvalue weighted by atomic mass is 35.5. The first-order valence-electron chi connectivity index (χ1n) is 11.5. The summed E-state index contributed by atoms with van der Waals surface area (Å²) in [6.45, 7) is 0. The van der Waals surface area contributed by atoms with Crippen molar-refractivity contribution < 1.29 is 0 Å². The van der Waals surface area contributed by atoms with Crippen LogP contribution in [0, 0.1) is 0 Å². The molecule has 7 rings (SSSR count). The number of aromatic nitrogens is 3. The Morgan fingerprint density at radius 1 is 0.400 bits per heavy atom. The van der Waals surface area contributed by atoms with Gasteiger partial charge in [0.05, 0.1) is 0 Å². The predicted molar refractivity (Wildman–Crippen MR) is 146 cm³/mol. The Morgan fingerprint density at radius 2 is 0.971 bits per heavy atom. The van der Waals surface area contributed by atoms with E-state index in [0.29, 0.717) is 11.6 Å². The highest BCUT2D eigenvalue weighted by Crippen LogP contribution is 2.36. The van der Waals surface area contributed by atoms with Crippen molar-refractivity contribution in [2.45, 2.75) is 0 Å². The van der Waals surface area contributed by atoms with Gasteiger partial charge in [0.2, 0.25) is 5.28 Å². The number of nitrogens with zero attached hydrogens (tertiary/aromatic N) is 3. The van der Waals surface area contributed by atoms with Crippen molar-refractivity contribution in [3.05, 3.63) is 114 Å². The molecule has 0 spiro atoms. The molecular formula is C31H18ClN3. The third kappa shape index (κ3) is 3.24. The summed E-state index contributed by atoms with van der Waals surface area (Å²) in [5.74, 6) is 1.14. The third-order valence-corrected chi connectivity index (χ3v) is 6.81. The van der Waals surface area contributed by atoms with E-state index in [1.807, 2.05) is 18.2 Å². The molecule has 0 atom stereocenters. The van der Waals surface area contributed by atoms with Crippen LogP contribution in [-0.2, 0) is 0 Å². The molecule has 0 radical (unpaired) electrons. The maximum atomic E-state index is 6.50. The van der Waals surface area contributed by atoms with Crippen molar-refractivity contribution >= 4 is 54.7 Å². The van der Waals surface area contributed by atoms with E-state index in [1.165, 1.54) is 16.2 Å². The number of halogens is 1. The summed E-state index contributed by atoms with van der Waals surface area (Å²) in [5.41, 5.74) is 1.87. The minimum atomic E-state index is 0.181. The molecule has 0 aliphatic heterocycles. The van der Waals surface area contributed by atoms with Gasteiger partial charge in [-0.25, -0.2) is 4.98 Å². The summed E-state index contributed by atoms with van der Waals surface area (Å²) in [4.78, 5) is 14.1. The molecule has 0 saturated heterocycles. The van der Waals surface area contributed by atoms with E-state index >= 15 is 0 Å². The van der Waals surface area contributed by atoms with E-state index in [1.54, 1.807) is 0 Å². The summed E-state index contributed by atoms with van der Waals surface area (Å²) >= 11 is 6.50. The molecule has 0 unspecified atom stereocenters. The van der Waals surface area contributed by atoms with Crippen LogP contribution >= 0.6 is 11.6 Å². The van der Waals surface area contributed by atoms with Crippen LogP contribution in [0.3, 0.4) is 0 Å². The van der Waals surface area contributed by atoms with E-state index < -0.39 is 0 Å². The lowest BCUT2D eigenvalue weighted by atomic mass is 9.97. The van der Waals surface area contributed by atoms with Gasteiger partial charge in [-0.15, -0.1) is 0 Å². The van der Waals surface area contributed by atoms with Crippen LogP contribution in [0.1, 0.15) is 0 Å². The van der Waals surface area contributed by atoms with Gasteiger partial charge in [0.25, 0.3) is 0 Å². The average molecular weight is 468 g/mol. The maximum Gasteiger partial charge on any atom is 0.226 e. The third-order valence-electron chi connectivity index (χ3n) is 6.65. The first kappa shape index (κ1) is 20.1. The van der Waals surface area contributed by atoms with E-state index in [-0.39, 0.29) is 5.28 Å². The minimum Gasteiger partial charge on any atom is -0.208 e. The Balaban J connectivity index is 1.50. The fourth-order valence-electron chi connectivity index (χ4n) is 5.07. The van der Waals surface area contributed by atoms with Crippen LogP contribution in [0.5, 0.6) is 0 Å². The average Bonchev–Trinajstić information content (AvgIpc) is 2.91. The monoisotopic (exact) mass is 467 g/mol. The zero-order valence-corrected chi connectivity index (χ0v) is 19.4. The SMILES string of the molecule is Clc1nc(-c2cccc3c2ccc2ccccc23)nc(-c2cccc3ccc4ccccc4c23)n1.